The first kappa shape index (κ1) is 21.6. The molecule has 0 bridgehead atoms. The summed E-state index contributed by atoms with van der Waals surface area (Å²) >= 11 is 0. The first-order valence-corrected chi connectivity index (χ1v) is 12.1. The van der Waals surface area contributed by atoms with Gasteiger partial charge in [-0.15, -0.1) is 0 Å². The summed E-state index contributed by atoms with van der Waals surface area (Å²) in [6.45, 7) is 5.71. The Bertz CT molecular complexity index is 1080. The molecule has 0 aromatic heterocycles. The maximum absolute atomic E-state index is 13.1. The van der Waals surface area contributed by atoms with Crippen LogP contribution in [0.15, 0.2) is 41.3 Å². The van der Waals surface area contributed by atoms with E-state index in [1.54, 1.807) is 19.1 Å². The average molecular weight is 445 g/mol. The molecule has 0 aliphatic carbocycles. The third-order valence-corrected chi connectivity index (χ3v) is 7.84. The number of ether oxygens (including phenoxy) is 2. The third kappa shape index (κ3) is 4.55. The van der Waals surface area contributed by atoms with Crippen LogP contribution in [-0.4, -0.2) is 44.9 Å². The van der Waals surface area contributed by atoms with Crippen LogP contribution >= 0.6 is 0 Å². The number of carbonyl (C=O) groups is 1. The highest BCUT2D eigenvalue weighted by Crippen LogP contribution is 2.32. The van der Waals surface area contributed by atoms with E-state index in [0.29, 0.717) is 48.9 Å². The largest absolute Gasteiger partial charge is 0.486 e. The van der Waals surface area contributed by atoms with Crippen molar-refractivity contribution in [3.05, 3.63) is 53.1 Å². The third-order valence-electron chi connectivity index (χ3n) is 5.80. The van der Waals surface area contributed by atoms with Gasteiger partial charge in [-0.1, -0.05) is 18.6 Å². The number of nitrogens with one attached hydrogen (secondary N) is 1. The molecular weight excluding hydrogens is 416 g/mol. The molecule has 0 radical (unpaired) electrons. The normalized spacial score (nSPS) is 17.7. The summed E-state index contributed by atoms with van der Waals surface area (Å²) in [5, 5.41) is 2.95. The Morgan fingerprint density at radius 3 is 2.45 bits per heavy atom. The second-order valence-electron chi connectivity index (χ2n) is 8.04. The van der Waals surface area contributed by atoms with Gasteiger partial charge in [0.1, 0.15) is 13.2 Å². The van der Waals surface area contributed by atoms with Gasteiger partial charge in [0.25, 0.3) is 5.91 Å². The van der Waals surface area contributed by atoms with Crippen molar-refractivity contribution in [3.63, 3.8) is 0 Å². The molecule has 2 aromatic carbocycles. The van der Waals surface area contributed by atoms with Crippen molar-refractivity contribution in [3.8, 4) is 11.5 Å². The number of aryl methyl sites for hydroxylation is 1. The second kappa shape index (κ2) is 8.88. The monoisotopic (exact) mass is 444 g/mol. The van der Waals surface area contributed by atoms with E-state index in [1.807, 2.05) is 25.1 Å². The summed E-state index contributed by atoms with van der Waals surface area (Å²) in [6.07, 6.45) is 2.78. The van der Waals surface area contributed by atoms with Gasteiger partial charge >= 0.3 is 0 Å². The van der Waals surface area contributed by atoms with E-state index < -0.39 is 10.0 Å². The van der Waals surface area contributed by atoms with E-state index in [4.69, 9.17) is 9.47 Å². The molecule has 2 aliphatic rings. The number of benzene rings is 2. The molecule has 1 N–H and O–H groups in total. The smallest absolute Gasteiger partial charge is 0.251 e. The Kier molecular flexibility index (Phi) is 6.20. The summed E-state index contributed by atoms with van der Waals surface area (Å²) in [4.78, 5) is 13.1. The lowest BCUT2D eigenvalue weighted by molar-refractivity contribution is 0.0939. The molecule has 0 unspecified atom stereocenters. The summed E-state index contributed by atoms with van der Waals surface area (Å²) in [6, 6.07) is 10.1. The number of amides is 1. The van der Waals surface area contributed by atoms with Crippen LogP contribution in [0.25, 0.3) is 0 Å². The molecule has 31 heavy (non-hydrogen) atoms. The summed E-state index contributed by atoms with van der Waals surface area (Å²) in [5.74, 6) is 1.03. The number of sulfonamides is 1. The van der Waals surface area contributed by atoms with E-state index >= 15 is 0 Å². The summed E-state index contributed by atoms with van der Waals surface area (Å²) in [7, 11) is -3.62. The van der Waals surface area contributed by atoms with Crippen molar-refractivity contribution in [1.82, 2.24) is 9.62 Å². The van der Waals surface area contributed by atoms with E-state index in [0.717, 1.165) is 24.8 Å². The molecular formula is C23H28N2O5S. The number of hydrogen-bond donors (Lipinski definition) is 1. The van der Waals surface area contributed by atoms with E-state index in [2.05, 4.69) is 5.32 Å². The Balaban J connectivity index is 1.53. The van der Waals surface area contributed by atoms with Gasteiger partial charge in [0.05, 0.1) is 10.9 Å². The molecule has 1 amide bonds. The minimum atomic E-state index is -3.62. The van der Waals surface area contributed by atoms with Crippen LogP contribution in [0.3, 0.4) is 0 Å². The van der Waals surface area contributed by atoms with Crippen LogP contribution in [0.4, 0.5) is 0 Å². The van der Waals surface area contributed by atoms with Crippen molar-refractivity contribution >= 4 is 15.9 Å². The molecule has 2 aliphatic heterocycles. The molecule has 1 fully saturated rings. The molecule has 1 atom stereocenters. The van der Waals surface area contributed by atoms with E-state index in [1.165, 1.54) is 10.4 Å². The highest BCUT2D eigenvalue weighted by atomic mass is 32.2. The molecule has 8 heteroatoms. The molecule has 0 saturated carbocycles. The van der Waals surface area contributed by atoms with Crippen LogP contribution < -0.4 is 14.8 Å². The quantitative estimate of drug-likeness (QED) is 0.764. The molecule has 4 rings (SSSR count). The molecule has 2 heterocycles. The fourth-order valence-corrected chi connectivity index (χ4v) is 5.72. The van der Waals surface area contributed by atoms with Crippen LogP contribution in [0.1, 0.15) is 53.7 Å². The maximum Gasteiger partial charge on any atom is 0.251 e. The molecule has 1 saturated heterocycles. The van der Waals surface area contributed by atoms with E-state index in [-0.39, 0.29) is 16.8 Å². The summed E-state index contributed by atoms with van der Waals surface area (Å²) in [5.41, 5.74) is 1.85. The van der Waals surface area contributed by atoms with Crippen molar-refractivity contribution in [1.29, 1.82) is 0 Å². The SMILES string of the molecule is Cc1ccc(C(=O)N[C@@H](C)c2ccc3c(c2)OCCO3)cc1S(=O)(=O)N1CCCCC1. The second-order valence-corrected chi connectivity index (χ2v) is 9.95. The lowest BCUT2D eigenvalue weighted by Crippen LogP contribution is -2.36. The molecule has 2 aromatic rings. The van der Waals surface area contributed by atoms with Crippen LogP contribution in [0.2, 0.25) is 0 Å². The van der Waals surface area contributed by atoms with Gasteiger partial charge in [-0.2, -0.15) is 4.31 Å². The Hall–Kier alpha value is -2.58. The van der Waals surface area contributed by atoms with Gasteiger partial charge in [-0.25, -0.2) is 8.42 Å². The average Bonchev–Trinajstić information content (AvgIpc) is 2.79. The standard InChI is InChI=1S/C23H28N2O5S/c1-16-6-7-19(15-22(16)31(27,28)25-10-4-3-5-11-25)23(26)24-17(2)18-8-9-20-21(14-18)30-13-12-29-20/h6-9,14-15,17H,3-5,10-13H2,1-2H3,(H,24,26)/t17-/m0/s1. The topological polar surface area (TPSA) is 84.9 Å². The van der Waals surface area contributed by atoms with Gasteiger partial charge in [0, 0.05) is 18.7 Å². The lowest BCUT2D eigenvalue weighted by atomic mass is 10.1. The van der Waals surface area contributed by atoms with Crippen molar-refractivity contribution < 1.29 is 22.7 Å². The lowest BCUT2D eigenvalue weighted by Gasteiger charge is -2.26. The van der Waals surface area contributed by atoms with Gasteiger partial charge in [-0.3, -0.25) is 4.79 Å². The fourth-order valence-electron chi connectivity index (χ4n) is 3.96. The predicted octanol–water partition coefficient (Wildman–Crippen LogP) is 3.43. The Labute approximate surface area is 183 Å². The fraction of sp³-hybridized carbons (Fsp3) is 0.435. The van der Waals surface area contributed by atoms with Gasteiger partial charge in [-0.05, 0) is 62.1 Å². The minimum absolute atomic E-state index is 0.203. The zero-order chi connectivity index (χ0) is 22.0. The predicted molar refractivity (Wildman–Crippen MR) is 117 cm³/mol. The molecule has 7 nitrogen and oxygen atoms in total. The number of hydrogen-bond acceptors (Lipinski definition) is 5. The highest BCUT2D eigenvalue weighted by Gasteiger charge is 2.28. The zero-order valence-electron chi connectivity index (χ0n) is 17.9. The van der Waals surface area contributed by atoms with Crippen LogP contribution in [0, 0.1) is 6.92 Å². The highest BCUT2D eigenvalue weighted by molar-refractivity contribution is 7.89. The van der Waals surface area contributed by atoms with Crippen LogP contribution in [-0.2, 0) is 10.0 Å². The Morgan fingerprint density at radius 1 is 1.00 bits per heavy atom. The van der Waals surface area contributed by atoms with Gasteiger partial charge < -0.3 is 14.8 Å². The van der Waals surface area contributed by atoms with Crippen molar-refractivity contribution in [2.75, 3.05) is 26.3 Å². The van der Waals surface area contributed by atoms with Crippen molar-refractivity contribution in [2.45, 2.75) is 44.0 Å². The maximum atomic E-state index is 13.1. The number of rotatable bonds is 5. The molecule has 0 spiro atoms. The number of piperidine rings is 1. The Morgan fingerprint density at radius 2 is 1.71 bits per heavy atom. The zero-order valence-corrected chi connectivity index (χ0v) is 18.7. The van der Waals surface area contributed by atoms with Crippen molar-refractivity contribution in [2.24, 2.45) is 0 Å². The number of fused-ring (bicyclic) bond motifs is 1. The van der Waals surface area contributed by atoms with E-state index in [9.17, 15) is 13.2 Å². The van der Waals surface area contributed by atoms with Crippen LogP contribution in [0.5, 0.6) is 11.5 Å². The minimum Gasteiger partial charge on any atom is -0.486 e. The number of nitrogens with zero attached hydrogens (tertiary/aromatic N) is 1. The van der Waals surface area contributed by atoms with Gasteiger partial charge in [0.15, 0.2) is 11.5 Å². The number of carbonyl (C=O) groups excluding carboxylic acids is 1. The summed E-state index contributed by atoms with van der Waals surface area (Å²) < 4.78 is 38.9. The molecule has 166 valence electrons. The first-order chi connectivity index (χ1) is 14.9. The first-order valence-electron chi connectivity index (χ1n) is 10.7. The van der Waals surface area contributed by atoms with Gasteiger partial charge in [0.2, 0.25) is 10.0 Å².